The average molecular weight is 516 g/mol. The van der Waals surface area contributed by atoms with Gasteiger partial charge in [-0.1, -0.05) is 24.6 Å². The van der Waals surface area contributed by atoms with Crippen LogP contribution in [0.3, 0.4) is 0 Å². The molecular weight excluding hydrogens is 490 g/mol. The van der Waals surface area contributed by atoms with Gasteiger partial charge in [0, 0.05) is 5.02 Å². The number of hydrogen-bond donors (Lipinski definition) is 1. The zero-order valence-electron chi connectivity index (χ0n) is 19.3. The summed E-state index contributed by atoms with van der Waals surface area (Å²) >= 11 is 6.08. The Bertz CT molecular complexity index is 1260. The van der Waals surface area contributed by atoms with Gasteiger partial charge in [-0.15, -0.1) is 0 Å². The number of amides is 1. The Kier molecular flexibility index (Phi) is 9.11. The fourth-order valence-corrected chi connectivity index (χ4v) is 4.63. The number of nitrogens with zero attached hydrogens (tertiary/aromatic N) is 2. The standard InChI is InChI=1S/C25H26ClN3O5S/c1-3-15-34-23-9-7-19(8-10-23)17-27-28-25(30)18-29(21-6-4-5-20(26)16-21)35(31,32)24-13-11-22(33-2)12-14-24/h4-14,16-17H,3,15,18H2,1-2H3,(H,28,30)/b27-17-. The Morgan fingerprint density at radius 1 is 1.06 bits per heavy atom. The lowest BCUT2D eigenvalue weighted by molar-refractivity contribution is -0.119. The van der Waals surface area contributed by atoms with E-state index in [-0.39, 0.29) is 10.6 Å². The van der Waals surface area contributed by atoms with Gasteiger partial charge in [-0.2, -0.15) is 5.10 Å². The number of sulfonamides is 1. The molecule has 0 aromatic heterocycles. The lowest BCUT2D eigenvalue weighted by atomic mass is 10.2. The lowest BCUT2D eigenvalue weighted by Gasteiger charge is -2.24. The van der Waals surface area contributed by atoms with Crippen molar-refractivity contribution in [2.75, 3.05) is 24.6 Å². The van der Waals surface area contributed by atoms with Gasteiger partial charge in [-0.3, -0.25) is 9.10 Å². The number of methoxy groups -OCH3 is 1. The number of carbonyl (C=O) groups is 1. The average Bonchev–Trinajstić information content (AvgIpc) is 2.86. The van der Waals surface area contributed by atoms with Crippen molar-refractivity contribution >= 4 is 39.4 Å². The molecule has 0 atom stereocenters. The number of hydrogen-bond acceptors (Lipinski definition) is 6. The van der Waals surface area contributed by atoms with Gasteiger partial charge >= 0.3 is 0 Å². The van der Waals surface area contributed by atoms with E-state index in [0.29, 0.717) is 17.4 Å². The van der Waals surface area contributed by atoms with E-state index in [0.717, 1.165) is 22.0 Å². The minimum absolute atomic E-state index is 0.0000384. The van der Waals surface area contributed by atoms with Crippen LogP contribution >= 0.6 is 11.6 Å². The van der Waals surface area contributed by atoms with Crippen molar-refractivity contribution in [1.29, 1.82) is 0 Å². The highest BCUT2D eigenvalue weighted by molar-refractivity contribution is 7.92. The van der Waals surface area contributed by atoms with Gasteiger partial charge in [0.1, 0.15) is 18.0 Å². The van der Waals surface area contributed by atoms with Crippen LogP contribution in [0.2, 0.25) is 5.02 Å². The van der Waals surface area contributed by atoms with Crippen LogP contribution in [0.25, 0.3) is 0 Å². The molecule has 0 saturated carbocycles. The quantitative estimate of drug-likeness (QED) is 0.300. The molecule has 0 aliphatic heterocycles. The Balaban J connectivity index is 1.76. The molecule has 184 valence electrons. The van der Waals surface area contributed by atoms with Crippen LogP contribution in [-0.2, 0) is 14.8 Å². The number of carbonyl (C=O) groups excluding carboxylic acids is 1. The van der Waals surface area contributed by atoms with Crippen LogP contribution in [-0.4, -0.2) is 40.8 Å². The van der Waals surface area contributed by atoms with Crippen molar-refractivity contribution < 1.29 is 22.7 Å². The van der Waals surface area contributed by atoms with Gasteiger partial charge in [-0.05, 0) is 78.7 Å². The first kappa shape index (κ1) is 26.1. The fourth-order valence-electron chi connectivity index (χ4n) is 3.04. The third kappa shape index (κ3) is 7.21. The van der Waals surface area contributed by atoms with E-state index in [4.69, 9.17) is 21.1 Å². The molecule has 0 unspecified atom stereocenters. The van der Waals surface area contributed by atoms with E-state index in [2.05, 4.69) is 10.5 Å². The maximum atomic E-state index is 13.4. The van der Waals surface area contributed by atoms with Gasteiger partial charge in [0.15, 0.2) is 0 Å². The highest BCUT2D eigenvalue weighted by Gasteiger charge is 2.27. The smallest absolute Gasteiger partial charge is 0.264 e. The summed E-state index contributed by atoms with van der Waals surface area (Å²) in [7, 11) is -2.60. The Morgan fingerprint density at radius 3 is 2.37 bits per heavy atom. The van der Waals surface area contributed by atoms with E-state index >= 15 is 0 Å². The van der Waals surface area contributed by atoms with E-state index in [1.165, 1.54) is 43.7 Å². The largest absolute Gasteiger partial charge is 0.497 e. The maximum absolute atomic E-state index is 13.4. The molecule has 35 heavy (non-hydrogen) atoms. The van der Waals surface area contributed by atoms with E-state index in [9.17, 15) is 13.2 Å². The van der Waals surface area contributed by atoms with E-state index in [1.807, 2.05) is 6.92 Å². The number of rotatable bonds is 11. The second-order valence-electron chi connectivity index (χ2n) is 7.38. The highest BCUT2D eigenvalue weighted by Crippen LogP contribution is 2.27. The predicted octanol–water partition coefficient (Wildman–Crippen LogP) is 4.48. The molecule has 3 aromatic carbocycles. The van der Waals surface area contributed by atoms with Gasteiger partial charge in [0.25, 0.3) is 15.9 Å². The predicted molar refractivity (Wildman–Crippen MR) is 137 cm³/mol. The lowest BCUT2D eigenvalue weighted by Crippen LogP contribution is -2.39. The molecule has 8 nitrogen and oxygen atoms in total. The summed E-state index contributed by atoms with van der Waals surface area (Å²) in [5.41, 5.74) is 3.36. The molecule has 0 spiro atoms. The summed E-state index contributed by atoms with van der Waals surface area (Å²) in [6, 6.07) is 19.4. The van der Waals surface area contributed by atoms with Crippen molar-refractivity contribution in [3.05, 3.63) is 83.4 Å². The van der Waals surface area contributed by atoms with Crippen LogP contribution in [0.1, 0.15) is 18.9 Å². The summed E-state index contributed by atoms with van der Waals surface area (Å²) < 4.78 is 38.4. The summed E-state index contributed by atoms with van der Waals surface area (Å²) in [5.74, 6) is 0.630. The molecule has 1 N–H and O–H groups in total. The molecule has 1 amide bonds. The molecule has 0 heterocycles. The minimum atomic E-state index is -4.09. The number of benzene rings is 3. The molecule has 10 heteroatoms. The first-order chi connectivity index (χ1) is 16.8. The van der Waals surface area contributed by atoms with Crippen LogP contribution in [0.15, 0.2) is 82.8 Å². The molecular formula is C25H26ClN3O5S. The topological polar surface area (TPSA) is 97.3 Å². The highest BCUT2D eigenvalue weighted by atomic mass is 35.5. The van der Waals surface area contributed by atoms with Crippen molar-refractivity contribution in [3.63, 3.8) is 0 Å². The van der Waals surface area contributed by atoms with Crippen molar-refractivity contribution in [2.24, 2.45) is 5.10 Å². The third-order valence-corrected chi connectivity index (χ3v) is 6.81. The van der Waals surface area contributed by atoms with Crippen molar-refractivity contribution in [1.82, 2.24) is 5.43 Å². The summed E-state index contributed by atoms with van der Waals surface area (Å²) in [6.45, 7) is 2.15. The van der Waals surface area contributed by atoms with Crippen LogP contribution in [0.5, 0.6) is 11.5 Å². The molecule has 0 aliphatic rings. The van der Waals surface area contributed by atoms with Crippen LogP contribution in [0, 0.1) is 0 Å². The molecule has 3 rings (SSSR count). The van der Waals surface area contributed by atoms with E-state index < -0.39 is 22.5 Å². The van der Waals surface area contributed by atoms with E-state index in [1.54, 1.807) is 42.5 Å². The zero-order valence-corrected chi connectivity index (χ0v) is 20.9. The monoisotopic (exact) mass is 515 g/mol. The molecule has 0 radical (unpaired) electrons. The molecule has 0 saturated heterocycles. The Labute approximate surface area is 210 Å². The molecule has 0 bridgehead atoms. The summed E-state index contributed by atoms with van der Waals surface area (Å²) in [4.78, 5) is 12.6. The zero-order chi connectivity index (χ0) is 25.3. The summed E-state index contributed by atoms with van der Waals surface area (Å²) in [5, 5.41) is 4.28. The van der Waals surface area contributed by atoms with Gasteiger partial charge < -0.3 is 9.47 Å². The number of halogens is 1. The van der Waals surface area contributed by atoms with Gasteiger partial charge in [0.2, 0.25) is 0 Å². The SMILES string of the molecule is CCCOc1ccc(/C=N\NC(=O)CN(c2cccc(Cl)c2)S(=O)(=O)c2ccc(OC)cc2)cc1. The first-order valence-electron chi connectivity index (χ1n) is 10.8. The normalized spacial score (nSPS) is 11.3. The Hall–Kier alpha value is -3.56. The van der Waals surface area contributed by atoms with Crippen molar-refractivity contribution in [2.45, 2.75) is 18.2 Å². The third-order valence-electron chi connectivity index (χ3n) is 4.79. The number of nitrogens with one attached hydrogen (secondary N) is 1. The maximum Gasteiger partial charge on any atom is 0.264 e. The van der Waals surface area contributed by atoms with Crippen LogP contribution < -0.4 is 19.2 Å². The first-order valence-corrected chi connectivity index (χ1v) is 12.6. The van der Waals surface area contributed by atoms with Gasteiger partial charge in [-0.25, -0.2) is 13.8 Å². The minimum Gasteiger partial charge on any atom is -0.497 e. The fraction of sp³-hybridized carbons (Fsp3) is 0.200. The number of anilines is 1. The summed E-state index contributed by atoms with van der Waals surface area (Å²) in [6.07, 6.45) is 2.37. The molecule has 0 aliphatic carbocycles. The number of ether oxygens (including phenoxy) is 2. The van der Waals surface area contributed by atoms with Crippen molar-refractivity contribution in [3.8, 4) is 11.5 Å². The van der Waals surface area contributed by atoms with Crippen LogP contribution in [0.4, 0.5) is 5.69 Å². The second-order valence-corrected chi connectivity index (χ2v) is 9.68. The van der Waals surface area contributed by atoms with Gasteiger partial charge in [0.05, 0.1) is 30.5 Å². The molecule has 3 aromatic rings. The molecule has 0 fully saturated rings. The second kappa shape index (κ2) is 12.2. The Morgan fingerprint density at radius 2 is 1.74 bits per heavy atom. The number of hydrazone groups is 1.